The third-order valence-corrected chi connectivity index (χ3v) is 5.01. The van der Waals surface area contributed by atoms with Crippen molar-refractivity contribution in [1.82, 2.24) is 4.90 Å². The van der Waals surface area contributed by atoms with E-state index in [0.29, 0.717) is 18.7 Å². The van der Waals surface area contributed by atoms with Gasteiger partial charge in [-0.15, -0.1) is 0 Å². The number of nitro groups is 1. The van der Waals surface area contributed by atoms with E-state index >= 15 is 0 Å². The van der Waals surface area contributed by atoms with Gasteiger partial charge in [0.2, 0.25) is 5.91 Å². The van der Waals surface area contributed by atoms with Crippen molar-refractivity contribution in [3.05, 3.63) is 75.3 Å². The monoisotopic (exact) mass is 365 g/mol. The molecule has 27 heavy (non-hydrogen) atoms. The predicted molar refractivity (Wildman–Crippen MR) is 107 cm³/mol. The van der Waals surface area contributed by atoms with Crippen LogP contribution in [0, 0.1) is 24.0 Å². The van der Waals surface area contributed by atoms with Gasteiger partial charge in [0.1, 0.15) is 0 Å². The highest BCUT2D eigenvalue weighted by atomic mass is 16.6. The summed E-state index contributed by atoms with van der Waals surface area (Å²) < 4.78 is 0. The van der Waals surface area contributed by atoms with Gasteiger partial charge in [-0.25, -0.2) is 0 Å². The first kappa shape index (κ1) is 18.6. The van der Waals surface area contributed by atoms with Gasteiger partial charge < -0.3 is 9.80 Å². The second-order valence-electron chi connectivity index (χ2n) is 6.72. The van der Waals surface area contributed by atoms with E-state index < -0.39 is 4.92 Å². The Morgan fingerprint density at radius 1 is 1.07 bits per heavy atom. The van der Waals surface area contributed by atoms with Crippen molar-refractivity contribution in [2.75, 3.05) is 31.1 Å². The molecule has 1 heterocycles. The van der Waals surface area contributed by atoms with Gasteiger partial charge >= 0.3 is 0 Å². The molecule has 0 unspecified atom stereocenters. The Morgan fingerprint density at radius 2 is 1.78 bits per heavy atom. The lowest BCUT2D eigenvalue weighted by Crippen LogP contribution is -2.48. The van der Waals surface area contributed by atoms with Crippen LogP contribution in [0.1, 0.15) is 16.7 Å². The Labute approximate surface area is 158 Å². The normalized spacial score (nSPS) is 14.6. The number of carbonyl (C=O) groups is 1. The number of benzene rings is 2. The van der Waals surface area contributed by atoms with Gasteiger partial charge in [-0.3, -0.25) is 14.9 Å². The van der Waals surface area contributed by atoms with Crippen molar-refractivity contribution in [1.29, 1.82) is 0 Å². The number of amides is 1. The fourth-order valence-corrected chi connectivity index (χ4v) is 3.26. The standard InChI is InChI=1S/C21H23N3O3/c1-16-5-3-8-20(17(16)2)22-11-13-23(14-12-22)21(25)10-9-18-6-4-7-19(15-18)24(26)27/h3-10,15H,11-14H2,1-2H3. The summed E-state index contributed by atoms with van der Waals surface area (Å²) in [5, 5.41) is 10.8. The van der Waals surface area contributed by atoms with Crippen LogP contribution < -0.4 is 4.90 Å². The number of anilines is 1. The Balaban J connectivity index is 1.61. The summed E-state index contributed by atoms with van der Waals surface area (Å²) in [5.74, 6) is -0.0675. The number of hydrogen-bond acceptors (Lipinski definition) is 4. The van der Waals surface area contributed by atoms with Gasteiger partial charge in [-0.05, 0) is 42.7 Å². The molecule has 0 aromatic heterocycles. The summed E-state index contributed by atoms with van der Waals surface area (Å²) in [5.41, 5.74) is 4.45. The molecule has 1 aliphatic rings. The molecule has 1 saturated heterocycles. The summed E-state index contributed by atoms with van der Waals surface area (Å²) in [6.45, 7) is 7.14. The van der Waals surface area contributed by atoms with Crippen molar-refractivity contribution < 1.29 is 9.72 Å². The van der Waals surface area contributed by atoms with Gasteiger partial charge in [0.15, 0.2) is 0 Å². The molecular formula is C21H23N3O3. The van der Waals surface area contributed by atoms with Crippen molar-refractivity contribution in [3.8, 4) is 0 Å². The van der Waals surface area contributed by atoms with Gasteiger partial charge in [-0.1, -0.05) is 24.3 Å². The number of hydrogen-bond donors (Lipinski definition) is 0. The topological polar surface area (TPSA) is 66.7 Å². The van der Waals surface area contributed by atoms with E-state index in [0.717, 1.165) is 13.1 Å². The first-order chi connectivity index (χ1) is 13.0. The summed E-state index contributed by atoms with van der Waals surface area (Å²) in [6, 6.07) is 12.6. The molecule has 1 amide bonds. The zero-order chi connectivity index (χ0) is 19.4. The van der Waals surface area contributed by atoms with Crippen LogP contribution in [0.5, 0.6) is 0 Å². The quantitative estimate of drug-likeness (QED) is 0.472. The van der Waals surface area contributed by atoms with Gasteiger partial charge in [0.25, 0.3) is 5.69 Å². The highest BCUT2D eigenvalue weighted by molar-refractivity contribution is 5.92. The van der Waals surface area contributed by atoms with Crippen molar-refractivity contribution >= 4 is 23.4 Å². The van der Waals surface area contributed by atoms with Crippen molar-refractivity contribution in [3.63, 3.8) is 0 Å². The molecule has 140 valence electrons. The third-order valence-electron chi connectivity index (χ3n) is 5.01. The number of carbonyl (C=O) groups excluding carboxylic acids is 1. The minimum atomic E-state index is -0.439. The zero-order valence-electron chi connectivity index (χ0n) is 15.6. The molecule has 2 aromatic carbocycles. The van der Waals surface area contributed by atoms with Gasteiger partial charge in [0.05, 0.1) is 4.92 Å². The second-order valence-corrected chi connectivity index (χ2v) is 6.72. The SMILES string of the molecule is Cc1cccc(N2CCN(C(=O)C=Cc3cccc([N+](=O)[O-])c3)CC2)c1C. The molecule has 6 nitrogen and oxygen atoms in total. The zero-order valence-corrected chi connectivity index (χ0v) is 15.6. The molecule has 0 spiro atoms. The highest BCUT2D eigenvalue weighted by Crippen LogP contribution is 2.24. The predicted octanol–water partition coefficient (Wildman–Crippen LogP) is 3.57. The van der Waals surface area contributed by atoms with Crippen LogP contribution in [-0.4, -0.2) is 41.9 Å². The summed E-state index contributed by atoms with van der Waals surface area (Å²) in [7, 11) is 0. The minimum Gasteiger partial charge on any atom is -0.368 e. The van der Waals surface area contributed by atoms with E-state index in [2.05, 4.69) is 36.9 Å². The Morgan fingerprint density at radius 3 is 2.48 bits per heavy atom. The summed E-state index contributed by atoms with van der Waals surface area (Å²) in [4.78, 5) is 27.0. The van der Waals surface area contributed by atoms with Crippen LogP contribution in [0.4, 0.5) is 11.4 Å². The molecule has 0 N–H and O–H groups in total. The van der Waals surface area contributed by atoms with Gasteiger partial charge in [-0.2, -0.15) is 0 Å². The van der Waals surface area contributed by atoms with E-state index in [-0.39, 0.29) is 11.6 Å². The van der Waals surface area contributed by atoms with E-state index in [1.165, 1.54) is 35.0 Å². The lowest BCUT2D eigenvalue weighted by molar-refractivity contribution is -0.384. The summed E-state index contributed by atoms with van der Waals surface area (Å²) in [6.07, 6.45) is 3.12. The van der Waals surface area contributed by atoms with Gasteiger partial charge in [0, 0.05) is 50.1 Å². The Hall–Kier alpha value is -3.15. The lowest BCUT2D eigenvalue weighted by atomic mass is 10.1. The maximum Gasteiger partial charge on any atom is 0.270 e. The smallest absolute Gasteiger partial charge is 0.270 e. The number of nitrogens with zero attached hydrogens (tertiary/aromatic N) is 3. The molecule has 1 fully saturated rings. The van der Waals surface area contributed by atoms with Crippen LogP contribution in [0.2, 0.25) is 0 Å². The molecule has 3 rings (SSSR count). The molecule has 1 aliphatic heterocycles. The molecule has 2 aromatic rings. The Kier molecular flexibility index (Phi) is 5.54. The largest absolute Gasteiger partial charge is 0.368 e. The number of aryl methyl sites for hydroxylation is 1. The van der Waals surface area contributed by atoms with E-state index in [9.17, 15) is 14.9 Å². The Bertz CT molecular complexity index is 884. The second kappa shape index (κ2) is 8.03. The van der Waals surface area contributed by atoms with Crippen LogP contribution in [-0.2, 0) is 4.79 Å². The average molecular weight is 365 g/mol. The van der Waals surface area contributed by atoms with Crippen LogP contribution in [0.15, 0.2) is 48.5 Å². The van der Waals surface area contributed by atoms with Crippen molar-refractivity contribution in [2.45, 2.75) is 13.8 Å². The van der Waals surface area contributed by atoms with E-state index in [1.54, 1.807) is 18.2 Å². The fourth-order valence-electron chi connectivity index (χ4n) is 3.26. The first-order valence-corrected chi connectivity index (χ1v) is 8.98. The van der Waals surface area contributed by atoms with Crippen LogP contribution in [0.3, 0.4) is 0 Å². The van der Waals surface area contributed by atoms with E-state index in [4.69, 9.17) is 0 Å². The average Bonchev–Trinajstić information content (AvgIpc) is 2.68. The molecule has 6 heteroatoms. The number of non-ortho nitro benzene ring substituents is 1. The van der Waals surface area contributed by atoms with Crippen LogP contribution in [0.25, 0.3) is 6.08 Å². The van der Waals surface area contributed by atoms with Crippen molar-refractivity contribution in [2.24, 2.45) is 0 Å². The third kappa shape index (κ3) is 4.34. The molecule has 0 atom stereocenters. The van der Waals surface area contributed by atoms with E-state index in [1.807, 2.05) is 4.90 Å². The maximum absolute atomic E-state index is 12.4. The molecular weight excluding hydrogens is 342 g/mol. The number of nitro benzene ring substituents is 1. The fraction of sp³-hybridized carbons (Fsp3) is 0.286. The maximum atomic E-state index is 12.4. The molecule has 0 aliphatic carbocycles. The minimum absolute atomic E-state index is 0.0201. The molecule has 0 bridgehead atoms. The molecule has 0 saturated carbocycles. The first-order valence-electron chi connectivity index (χ1n) is 8.98. The number of piperazine rings is 1. The lowest BCUT2D eigenvalue weighted by Gasteiger charge is -2.36. The molecule has 0 radical (unpaired) electrons. The highest BCUT2D eigenvalue weighted by Gasteiger charge is 2.21. The summed E-state index contributed by atoms with van der Waals surface area (Å²) >= 11 is 0. The van der Waals surface area contributed by atoms with Crippen LogP contribution >= 0.6 is 0 Å². The number of rotatable bonds is 4.